The predicted molar refractivity (Wildman–Crippen MR) is 92.1 cm³/mol. The van der Waals surface area contributed by atoms with Crippen molar-refractivity contribution in [2.24, 2.45) is 0 Å². The standard InChI is InChI=1S/C17H25N5O2/c1-14(23)20-9-11-21(12-10-20)15-3-4-16(18-13-15)17(24)22-7-5-19(2)6-8-22/h3-4,13H,5-12H2,1-2H3. The zero-order chi connectivity index (χ0) is 17.1. The summed E-state index contributed by atoms with van der Waals surface area (Å²) >= 11 is 0. The summed E-state index contributed by atoms with van der Waals surface area (Å²) in [5.74, 6) is 0.136. The molecule has 2 aliphatic rings. The molecule has 7 heteroatoms. The van der Waals surface area contributed by atoms with Gasteiger partial charge in [0.2, 0.25) is 5.91 Å². The Hall–Kier alpha value is -2.15. The van der Waals surface area contributed by atoms with Gasteiger partial charge in [-0.15, -0.1) is 0 Å². The molecule has 130 valence electrons. The Morgan fingerprint density at radius 1 is 0.917 bits per heavy atom. The van der Waals surface area contributed by atoms with Crippen LogP contribution in [-0.4, -0.2) is 90.9 Å². The smallest absolute Gasteiger partial charge is 0.272 e. The summed E-state index contributed by atoms with van der Waals surface area (Å²) in [6.07, 6.45) is 1.77. The number of carbonyl (C=O) groups excluding carboxylic acids is 2. The fourth-order valence-electron chi connectivity index (χ4n) is 3.15. The van der Waals surface area contributed by atoms with Crippen LogP contribution in [0.4, 0.5) is 5.69 Å². The van der Waals surface area contributed by atoms with E-state index in [1.165, 1.54) is 0 Å². The maximum atomic E-state index is 12.5. The molecule has 2 amide bonds. The van der Waals surface area contributed by atoms with Crippen LogP contribution in [0, 0.1) is 0 Å². The summed E-state index contributed by atoms with van der Waals surface area (Å²) in [6.45, 7) is 8.00. The zero-order valence-corrected chi connectivity index (χ0v) is 14.4. The molecule has 0 radical (unpaired) electrons. The lowest BCUT2D eigenvalue weighted by atomic mass is 10.2. The van der Waals surface area contributed by atoms with Gasteiger partial charge in [0.05, 0.1) is 11.9 Å². The van der Waals surface area contributed by atoms with Gasteiger partial charge >= 0.3 is 0 Å². The van der Waals surface area contributed by atoms with E-state index in [2.05, 4.69) is 21.8 Å². The number of anilines is 1. The average molecular weight is 331 g/mol. The highest BCUT2D eigenvalue weighted by molar-refractivity contribution is 5.92. The Labute approximate surface area is 142 Å². The first-order valence-corrected chi connectivity index (χ1v) is 8.49. The third-order valence-electron chi connectivity index (χ3n) is 4.85. The van der Waals surface area contributed by atoms with Crippen molar-refractivity contribution in [3.8, 4) is 0 Å². The number of aromatic nitrogens is 1. The molecule has 3 heterocycles. The van der Waals surface area contributed by atoms with Crippen molar-refractivity contribution in [2.45, 2.75) is 6.92 Å². The Morgan fingerprint density at radius 2 is 1.54 bits per heavy atom. The number of carbonyl (C=O) groups is 2. The molecule has 2 saturated heterocycles. The summed E-state index contributed by atoms with van der Waals surface area (Å²) in [5, 5.41) is 0. The van der Waals surface area contributed by atoms with Crippen molar-refractivity contribution >= 4 is 17.5 Å². The molecule has 2 aliphatic heterocycles. The number of pyridine rings is 1. The van der Waals surface area contributed by atoms with Gasteiger partial charge in [0, 0.05) is 59.3 Å². The molecule has 3 rings (SSSR count). The Kier molecular flexibility index (Phi) is 4.99. The molecule has 7 nitrogen and oxygen atoms in total. The average Bonchev–Trinajstić information content (AvgIpc) is 2.62. The highest BCUT2D eigenvalue weighted by Gasteiger charge is 2.22. The Bertz CT molecular complexity index is 588. The number of hydrogen-bond acceptors (Lipinski definition) is 5. The quantitative estimate of drug-likeness (QED) is 0.771. The van der Waals surface area contributed by atoms with E-state index in [-0.39, 0.29) is 11.8 Å². The van der Waals surface area contributed by atoms with Gasteiger partial charge in [-0.3, -0.25) is 9.59 Å². The molecule has 0 atom stereocenters. The van der Waals surface area contributed by atoms with Crippen LogP contribution in [0.2, 0.25) is 0 Å². The summed E-state index contributed by atoms with van der Waals surface area (Å²) in [5.41, 5.74) is 1.51. The van der Waals surface area contributed by atoms with E-state index in [0.717, 1.165) is 58.0 Å². The maximum absolute atomic E-state index is 12.5. The summed E-state index contributed by atoms with van der Waals surface area (Å²) in [6, 6.07) is 3.77. The minimum absolute atomic E-state index is 0.0102. The Balaban J connectivity index is 1.59. The second-order valence-electron chi connectivity index (χ2n) is 6.49. The first kappa shape index (κ1) is 16.7. The van der Waals surface area contributed by atoms with Gasteiger partial charge in [-0.2, -0.15) is 0 Å². The molecule has 0 unspecified atom stereocenters. The van der Waals surface area contributed by atoms with Crippen LogP contribution < -0.4 is 4.90 Å². The van der Waals surface area contributed by atoms with E-state index in [1.54, 1.807) is 13.1 Å². The number of likely N-dealkylation sites (N-methyl/N-ethyl adjacent to an activating group) is 1. The monoisotopic (exact) mass is 331 g/mol. The molecule has 0 bridgehead atoms. The minimum atomic E-state index is 0.0102. The van der Waals surface area contributed by atoms with Crippen LogP contribution in [0.25, 0.3) is 0 Å². The first-order valence-electron chi connectivity index (χ1n) is 8.49. The maximum Gasteiger partial charge on any atom is 0.272 e. The molecule has 0 aromatic carbocycles. The van der Waals surface area contributed by atoms with Gasteiger partial charge in [-0.25, -0.2) is 4.98 Å². The van der Waals surface area contributed by atoms with Gasteiger partial charge in [0.15, 0.2) is 0 Å². The molecule has 0 spiro atoms. The molecule has 1 aromatic rings. The van der Waals surface area contributed by atoms with Crippen LogP contribution in [-0.2, 0) is 4.79 Å². The fraction of sp³-hybridized carbons (Fsp3) is 0.588. The highest BCUT2D eigenvalue weighted by atomic mass is 16.2. The lowest BCUT2D eigenvalue weighted by Crippen LogP contribution is -2.48. The molecular formula is C17H25N5O2. The van der Waals surface area contributed by atoms with E-state index in [1.807, 2.05) is 21.9 Å². The summed E-state index contributed by atoms with van der Waals surface area (Å²) in [7, 11) is 2.07. The van der Waals surface area contributed by atoms with Crippen molar-refractivity contribution in [1.29, 1.82) is 0 Å². The Morgan fingerprint density at radius 3 is 2.08 bits per heavy atom. The van der Waals surface area contributed by atoms with Crippen LogP contribution in [0.1, 0.15) is 17.4 Å². The summed E-state index contributed by atoms with van der Waals surface area (Å²) < 4.78 is 0. The first-order chi connectivity index (χ1) is 11.5. The lowest BCUT2D eigenvalue weighted by Gasteiger charge is -2.35. The largest absolute Gasteiger partial charge is 0.367 e. The van der Waals surface area contributed by atoms with Crippen LogP contribution in [0.3, 0.4) is 0 Å². The van der Waals surface area contributed by atoms with Crippen LogP contribution in [0.15, 0.2) is 18.3 Å². The number of rotatable bonds is 2. The van der Waals surface area contributed by atoms with Crippen LogP contribution in [0.5, 0.6) is 0 Å². The van der Waals surface area contributed by atoms with Gasteiger partial charge in [-0.1, -0.05) is 0 Å². The van der Waals surface area contributed by atoms with Gasteiger partial charge in [0.1, 0.15) is 5.69 Å². The molecule has 0 saturated carbocycles. The van der Waals surface area contributed by atoms with E-state index in [4.69, 9.17) is 0 Å². The van der Waals surface area contributed by atoms with Crippen LogP contribution >= 0.6 is 0 Å². The SMILES string of the molecule is CC(=O)N1CCN(c2ccc(C(=O)N3CCN(C)CC3)nc2)CC1. The van der Waals surface area contributed by atoms with E-state index < -0.39 is 0 Å². The highest BCUT2D eigenvalue weighted by Crippen LogP contribution is 2.16. The van der Waals surface area contributed by atoms with Gasteiger partial charge in [0.25, 0.3) is 5.91 Å². The summed E-state index contributed by atoms with van der Waals surface area (Å²) in [4.78, 5) is 36.4. The molecular weight excluding hydrogens is 306 g/mol. The van der Waals surface area contributed by atoms with E-state index >= 15 is 0 Å². The second-order valence-corrected chi connectivity index (χ2v) is 6.49. The molecule has 0 aliphatic carbocycles. The predicted octanol–water partition coefficient (Wildman–Crippen LogP) is 0.138. The molecule has 24 heavy (non-hydrogen) atoms. The number of hydrogen-bond donors (Lipinski definition) is 0. The second kappa shape index (κ2) is 7.17. The number of piperazine rings is 2. The van der Waals surface area contributed by atoms with Gasteiger partial charge < -0.3 is 19.6 Å². The van der Waals surface area contributed by atoms with Crippen molar-refractivity contribution < 1.29 is 9.59 Å². The topological polar surface area (TPSA) is 60.0 Å². The number of amides is 2. The lowest BCUT2D eigenvalue weighted by molar-refractivity contribution is -0.129. The third kappa shape index (κ3) is 3.67. The molecule has 2 fully saturated rings. The van der Waals surface area contributed by atoms with Crippen molar-refractivity contribution in [1.82, 2.24) is 19.7 Å². The normalized spacial score (nSPS) is 19.5. The molecule has 1 aromatic heterocycles. The van der Waals surface area contributed by atoms with Crippen molar-refractivity contribution in [3.63, 3.8) is 0 Å². The fourth-order valence-corrected chi connectivity index (χ4v) is 3.15. The number of nitrogens with zero attached hydrogens (tertiary/aromatic N) is 5. The third-order valence-corrected chi connectivity index (χ3v) is 4.85. The van der Waals surface area contributed by atoms with E-state index in [9.17, 15) is 9.59 Å². The van der Waals surface area contributed by atoms with Gasteiger partial charge in [-0.05, 0) is 19.2 Å². The van der Waals surface area contributed by atoms with Crippen molar-refractivity contribution in [3.05, 3.63) is 24.0 Å². The van der Waals surface area contributed by atoms with E-state index in [0.29, 0.717) is 5.69 Å². The van der Waals surface area contributed by atoms with Crippen molar-refractivity contribution in [2.75, 3.05) is 64.3 Å². The molecule has 0 N–H and O–H groups in total. The zero-order valence-electron chi connectivity index (χ0n) is 14.4. The minimum Gasteiger partial charge on any atom is -0.367 e.